The first-order chi connectivity index (χ1) is 13.2. The lowest BCUT2D eigenvalue weighted by molar-refractivity contribution is -0.146. The predicted molar refractivity (Wildman–Crippen MR) is 102 cm³/mol. The van der Waals surface area contributed by atoms with Gasteiger partial charge in [0.1, 0.15) is 0 Å². The van der Waals surface area contributed by atoms with Crippen molar-refractivity contribution in [3.8, 4) is 0 Å². The van der Waals surface area contributed by atoms with Crippen molar-refractivity contribution in [2.24, 2.45) is 7.05 Å². The second-order valence-corrected chi connectivity index (χ2v) is 7.77. The molecule has 9 heteroatoms. The van der Waals surface area contributed by atoms with Gasteiger partial charge in [0.05, 0.1) is 28.5 Å². The number of aromatic nitrogens is 5. The lowest BCUT2D eigenvalue weighted by Crippen LogP contribution is -2.35. The predicted octanol–water partition coefficient (Wildman–Crippen LogP) is 2.42. The third kappa shape index (κ3) is 2.92. The number of hydrogen-bond donors (Lipinski definition) is 2. The summed E-state index contributed by atoms with van der Waals surface area (Å²) in [6.45, 7) is 4.94. The van der Waals surface area contributed by atoms with Crippen molar-refractivity contribution in [1.29, 1.82) is 0 Å². The molecule has 3 aromatic rings. The topological polar surface area (TPSA) is 115 Å². The molecule has 0 aliphatic heterocycles. The van der Waals surface area contributed by atoms with Crippen molar-refractivity contribution in [3.05, 3.63) is 35.4 Å². The highest BCUT2D eigenvalue weighted by Gasteiger charge is 2.31. The summed E-state index contributed by atoms with van der Waals surface area (Å²) in [5.41, 5.74) is 2.06. The van der Waals surface area contributed by atoms with E-state index in [0.29, 0.717) is 22.8 Å². The zero-order valence-electron chi connectivity index (χ0n) is 16.2. The van der Waals surface area contributed by atoms with Crippen LogP contribution in [0.4, 0.5) is 5.69 Å². The van der Waals surface area contributed by atoms with Crippen LogP contribution >= 0.6 is 0 Å². The van der Waals surface area contributed by atoms with Gasteiger partial charge in [0, 0.05) is 24.9 Å². The van der Waals surface area contributed by atoms with Gasteiger partial charge in [-0.3, -0.25) is 14.2 Å². The minimum absolute atomic E-state index is 0.293. The monoisotopic (exact) mass is 382 g/mol. The first-order valence-corrected chi connectivity index (χ1v) is 9.12. The van der Waals surface area contributed by atoms with Gasteiger partial charge in [-0.25, -0.2) is 9.78 Å². The van der Waals surface area contributed by atoms with Crippen molar-refractivity contribution < 1.29 is 14.7 Å². The molecule has 1 saturated carbocycles. The van der Waals surface area contributed by atoms with Crippen LogP contribution in [0.5, 0.6) is 0 Å². The number of anilines is 1. The van der Waals surface area contributed by atoms with E-state index in [1.165, 1.54) is 17.1 Å². The number of carbonyl (C=O) groups is 2. The van der Waals surface area contributed by atoms with E-state index in [0.717, 1.165) is 29.6 Å². The van der Waals surface area contributed by atoms with Crippen LogP contribution < -0.4 is 5.32 Å². The van der Waals surface area contributed by atoms with E-state index in [4.69, 9.17) is 4.98 Å². The highest BCUT2D eigenvalue weighted by Crippen LogP contribution is 2.40. The Morgan fingerprint density at radius 2 is 2.04 bits per heavy atom. The number of amides is 1. The minimum atomic E-state index is -1.22. The molecule has 0 aromatic carbocycles. The molecular formula is C19H22N6O3. The van der Waals surface area contributed by atoms with Crippen LogP contribution in [0.15, 0.2) is 18.5 Å². The molecule has 0 bridgehead atoms. The maximum atomic E-state index is 13.0. The number of rotatable bonds is 5. The Labute approximate surface area is 161 Å². The molecule has 4 rings (SSSR count). The fourth-order valence-corrected chi connectivity index (χ4v) is 3.22. The summed E-state index contributed by atoms with van der Waals surface area (Å²) >= 11 is 0. The fraction of sp³-hybridized carbons (Fsp3) is 0.421. The average molecular weight is 382 g/mol. The number of nitrogens with zero attached hydrogens (tertiary/aromatic N) is 5. The number of nitrogens with one attached hydrogen (secondary N) is 1. The molecule has 28 heavy (non-hydrogen) atoms. The van der Waals surface area contributed by atoms with Gasteiger partial charge in [0.15, 0.2) is 11.2 Å². The number of aliphatic carboxylic acids is 1. The van der Waals surface area contributed by atoms with Crippen LogP contribution in [0.1, 0.15) is 54.4 Å². The molecule has 1 aliphatic carbocycles. The van der Waals surface area contributed by atoms with Crippen molar-refractivity contribution in [1.82, 2.24) is 24.5 Å². The smallest absolute Gasteiger partial charge is 0.331 e. The normalized spacial score (nSPS) is 14.4. The van der Waals surface area contributed by atoms with Crippen molar-refractivity contribution in [2.45, 2.75) is 45.1 Å². The molecule has 0 unspecified atom stereocenters. The molecule has 9 nitrogen and oxygen atoms in total. The van der Waals surface area contributed by atoms with E-state index in [1.54, 1.807) is 18.5 Å². The van der Waals surface area contributed by atoms with Gasteiger partial charge in [0.25, 0.3) is 5.91 Å². The second kappa shape index (κ2) is 6.15. The average Bonchev–Trinajstić information content (AvgIpc) is 3.31. The van der Waals surface area contributed by atoms with Crippen molar-refractivity contribution in [3.63, 3.8) is 0 Å². The number of fused-ring (bicyclic) bond motifs is 1. The first-order valence-electron chi connectivity index (χ1n) is 9.12. The molecule has 3 heterocycles. The number of carbonyl (C=O) groups excluding carboxylic acids is 1. The molecule has 0 radical (unpaired) electrons. The quantitative estimate of drug-likeness (QED) is 0.700. The van der Waals surface area contributed by atoms with Gasteiger partial charge < -0.3 is 10.4 Å². The number of carboxylic acid groups (broad SMARTS) is 1. The van der Waals surface area contributed by atoms with Crippen LogP contribution in [0.3, 0.4) is 0 Å². The van der Waals surface area contributed by atoms with Gasteiger partial charge in [0.2, 0.25) is 0 Å². The van der Waals surface area contributed by atoms with Crippen LogP contribution in [0.25, 0.3) is 11.0 Å². The van der Waals surface area contributed by atoms with Gasteiger partial charge in [-0.05, 0) is 39.7 Å². The van der Waals surface area contributed by atoms with Crippen LogP contribution in [-0.2, 0) is 17.4 Å². The molecule has 1 fully saturated rings. The van der Waals surface area contributed by atoms with E-state index in [2.05, 4.69) is 15.5 Å². The highest BCUT2D eigenvalue weighted by molar-refractivity contribution is 6.12. The number of pyridine rings is 1. The summed E-state index contributed by atoms with van der Waals surface area (Å²) in [5, 5.41) is 21.4. The molecule has 0 saturated heterocycles. The van der Waals surface area contributed by atoms with E-state index in [9.17, 15) is 14.7 Å². The SMILES string of the molecule is Cc1nn(C)c2nc(C3CC3)cc(C(=O)Nc3cnn(C(C)(C)C(=O)O)c3)c12. The van der Waals surface area contributed by atoms with Crippen LogP contribution in [0.2, 0.25) is 0 Å². The Balaban J connectivity index is 1.70. The van der Waals surface area contributed by atoms with Crippen molar-refractivity contribution >= 4 is 28.6 Å². The summed E-state index contributed by atoms with van der Waals surface area (Å²) in [6.07, 6.45) is 5.11. The molecule has 1 aliphatic rings. The van der Waals surface area contributed by atoms with Crippen LogP contribution in [-0.4, -0.2) is 41.5 Å². The summed E-state index contributed by atoms with van der Waals surface area (Å²) in [5.74, 6) is -0.910. The molecule has 2 N–H and O–H groups in total. The maximum Gasteiger partial charge on any atom is 0.331 e. The third-order valence-corrected chi connectivity index (χ3v) is 5.17. The molecular weight excluding hydrogens is 360 g/mol. The highest BCUT2D eigenvalue weighted by atomic mass is 16.4. The van der Waals surface area contributed by atoms with Gasteiger partial charge in [-0.15, -0.1) is 0 Å². The number of carboxylic acids is 1. The summed E-state index contributed by atoms with van der Waals surface area (Å²) in [6, 6.07) is 1.84. The lowest BCUT2D eigenvalue weighted by atomic mass is 10.1. The Morgan fingerprint density at radius 3 is 2.68 bits per heavy atom. The Hall–Kier alpha value is -3.23. The minimum Gasteiger partial charge on any atom is -0.479 e. The van der Waals surface area contributed by atoms with Crippen molar-refractivity contribution in [2.75, 3.05) is 5.32 Å². The van der Waals surface area contributed by atoms with Crippen LogP contribution in [0, 0.1) is 6.92 Å². The zero-order chi connectivity index (χ0) is 20.2. The largest absolute Gasteiger partial charge is 0.479 e. The third-order valence-electron chi connectivity index (χ3n) is 5.17. The van der Waals surface area contributed by atoms with E-state index >= 15 is 0 Å². The second-order valence-electron chi connectivity index (χ2n) is 7.77. The van der Waals surface area contributed by atoms with E-state index < -0.39 is 11.5 Å². The zero-order valence-corrected chi connectivity index (χ0v) is 16.2. The van der Waals surface area contributed by atoms with Gasteiger partial charge >= 0.3 is 5.97 Å². The fourth-order valence-electron chi connectivity index (χ4n) is 3.22. The van der Waals surface area contributed by atoms with Gasteiger partial charge in [-0.2, -0.15) is 10.2 Å². The molecule has 0 spiro atoms. The Bertz CT molecular complexity index is 1110. The van der Waals surface area contributed by atoms with E-state index in [-0.39, 0.29) is 5.91 Å². The summed E-state index contributed by atoms with van der Waals surface area (Å²) in [7, 11) is 1.82. The lowest BCUT2D eigenvalue weighted by Gasteiger charge is -2.19. The summed E-state index contributed by atoms with van der Waals surface area (Å²) in [4.78, 5) is 29.2. The van der Waals surface area contributed by atoms with E-state index in [1.807, 2.05) is 20.0 Å². The molecule has 3 aromatic heterocycles. The maximum absolute atomic E-state index is 13.0. The number of aryl methyl sites for hydroxylation is 2. The first kappa shape index (κ1) is 18.1. The number of hydrogen-bond acceptors (Lipinski definition) is 5. The Morgan fingerprint density at radius 1 is 1.32 bits per heavy atom. The molecule has 0 atom stereocenters. The Kier molecular flexibility index (Phi) is 3.99. The molecule has 1 amide bonds. The summed E-state index contributed by atoms with van der Waals surface area (Å²) < 4.78 is 3.01. The molecule has 146 valence electrons. The standard InChI is InChI=1S/C19H22N6O3/c1-10-15-13(7-14(11-5-6-11)22-16(15)24(4)23-10)17(26)21-12-8-20-25(9-12)19(2,3)18(27)28/h7-9,11H,5-6H2,1-4H3,(H,21,26)(H,27,28). The van der Waals surface area contributed by atoms with Gasteiger partial charge in [-0.1, -0.05) is 0 Å².